The zero-order chi connectivity index (χ0) is 37.4. The van der Waals surface area contributed by atoms with Crippen molar-refractivity contribution in [2.75, 3.05) is 4.90 Å². The first-order valence-corrected chi connectivity index (χ1v) is 20.9. The first-order valence-electron chi connectivity index (χ1n) is 20.1. The summed E-state index contributed by atoms with van der Waals surface area (Å²) in [6.07, 6.45) is 2.37. The minimum Gasteiger partial charge on any atom is -0.441 e. The molecular formula is C51H39BN2OS. The SMILES string of the molecule is Cc1cc2c(cc1N1c3cc4ccccc4c4c3B(c3c1ccc1c3sc3ccccc31)n1c3oc5ccccc5c3c3cccc-4c31)C(C)(C)CCC2(C)C. The molecule has 3 aliphatic rings. The van der Waals surface area contributed by atoms with Gasteiger partial charge >= 0.3 is 6.85 Å². The van der Waals surface area contributed by atoms with Gasteiger partial charge in [0.25, 0.3) is 0 Å². The van der Waals surface area contributed by atoms with E-state index in [2.05, 4.69) is 165 Å². The summed E-state index contributed by atoms with van der Waals surface area (Å²) < 4.78 is 12.3. The van der Waals surface area contributed by atoms with Crippen molar-refractivity contribution >= 4 is 110 Å². The Labute approximate surface area is 329 Å². The number of furan rings is 1. The van der Waals surface area contributed by atoms with Crippen molar-refractivity contribution in [3.8, 4) is 11.1 Å². The average molecular weight is 739 g/mol. The van der Waals surface area contributed by atoms with Crippen LogP contribution in [0.3, 0.4) is 0 Å². The number of rotatable bonds is 1. The van der Waals surface area contributed by atoms with Crippen molar-refractivity contribution in [1.29, 1.82) is 0 Å². The first kappa shape index (κ1) is 31.4. The highest BCUT2D eigenvalue weighted by Gasteiger charge is 2.46. The molecule has 268 valence electrons. The zero-order valence-electron chi connectivity index (χ0n) is 32.2. The van der Waals surface area contributed by atoms with Crippen LogP contribution in [0.1, 0.15) is 57.2 Å². The van der Waals surface area contributed by atoms with Gasteiger partial charge < -0.3 is 13.8 Å². The Balaban J connectivity index is 1.25. The summed E-state index contributed by atoms with van der Waals surface area (Å²) in [7, 11) is 0. The van der Waals surface area contributed by atoms with Gasteiger partial charge in [-0.15, -0.1) is 11.3 Å². The van der Waals surface area contributed by atoms with E-state index in [1.807, 2.05) is 11.3 Å². The molecule has 5 heteroatoms. The summed E-state index contributed by atoms with van der Waals surface area (Å²) in [6.45, 7) is 12.0. The average Bonchev–Trinajstić information content (AvgIpc) is 3.87. The number of anilines is 3. The zero-order valence-corrected chi connectivity index (χ0v) is 33.1. The predicted molar refractivity (Wildman–Crippen MR) is 240 cm³/mol. The third kappa shape index (κ3) is 3.76. The minimum atomic E-state index is -0.101. The molecule has 0 fully saturated rings. The van der Waals surface area contributed by atoms with Gasteiger partial charge in [-0.2, -0.15) is 0 Å². The normalized spacial score (nSPS) is 16.4. The van der Waals surface area contributed by atoms with Gasteiger partial charge in [0.05, 0.1) is 5.39 Å². The standard InChI is InChI=1S/C51H39BN2OS/c1-28-25-36-37(51(4,5)24-23-50(36,2)3)27-39(28)53-38-22-21-32-31-15-9-11-20-42(31)56-48(32)46(38)52-45-40(53)26-29-13-6-7-14-30(29)43(45)34-17-12-18-35-44-33-16-8-10-19-41(33)55-49(44)54(52)47(34)35/h6-22,25-27H,23-24H2,1-5H3. The molecule has 1 aliphatic carbocycles. The summed E-state index contributed by atoms with van der Waals surface area (Å²) in [4.78, 5) is 2.65. The Bertz CT molecular complexity index is 3410. The van der Waals surface area contributed by atoms with E-state index in [9.17, 15) is 0 Å². The van der Waals surface area contributed by atoms with Gasteiger partial charge in [0.15, 0.2) is 5.71 Å². The number of hydrogen-bond donors (Lipinski definition) is 0. The van der Waals surface area contributed by atoms with Gasteiger partial charge in [-0.3, -0.25) is 0 Å². The lowest BCUT2D eigenvalue weighted by Crippen LogP contribution is -2.57. The van der Waals surface area contributed by atoms with E-state index in [-0.39, 0.29) is 17.7 Å². The Kier molecular flexibility index (Phi) is 5.80. The van der Waals surface area contributed by atoms with Crippen LogP contribution in [0.15, 0.2) is 126 Å². The molecule has 13 rings (SSSR count). The van der Waals surface area contributed by atoms with E-state index in [1.54, 1.807) is 0 Å². The summed E-state index contributed by atoms with van der Waals surface area (Å²) in [5.74, 6) is 0. The van der Waals surface area contributed by atoms with Crippen LogP contribution in [0.2, 0.25) is 0 Å². The molecule has 0 amide bonds. The van der Waals surface area contributed by atoms with Crippen molar-refractivity contribution in [3.63, 3.8) is 0 Å². The van der Waals surface area contributed by atoms with E-state index in [0.29, 0.717) is 0 Å². The van der Waals surface area contributed by atoms with Crippen LogP contribution in [0, 0.1) is 6.92 Å². The Morgan fingerprint density at radius 2 is 1.34 bits per heavy atom. The summed E-state index contributed by atoms with van der Waals surface area (Å²) >= 11 is 1.94. The monoisotopic (exact) mass is 738 g/mol. The smallest absolute Gasteiger partial charge is 0.337 e. The molecule has 0 unspecified atom stereocenters. The van der Waals surface area contributed by atoms with Crippen LogP contribution in [-0.4, -0.2) is 11.3 Å². The molecule has 0 saturated heterocycles. The van der Waals surface area contributed by atoms with E-state index in [1.165, 1.54) is 121 Å². The molecule has 5 heterocycles. The van der Waals surface area contributed by atoms with Crippen LogP contribution in [-0.2, 0) is 10.8 Å². The fourth-order valence-corrected chi connectivity index (χ4v) is 12.4. The van der Waals surface area contributed by atoms with Crippen LogP contribution >= 0.6 is 11.3 Å². The predicted octanol–water partition coefficient (Wildman–Crippen LogP) is 13.1. The molecule has 56 heavy (non-hydrogen) atoms. The molecule has 7 aromatic carbocycles. The number of fused-ring (bicyclic) bond motifs is 16. The minimum absolute atomic E-state index is 0.0787. The van der Waals surface area contributed by atoms with Crippen molar-refractivity contribution in [2.45, 2.75) is 58.3 Å². The number of nitrogens with zero attached hydrogens (tertiary/aromatic N) is 2. The second-order valence-electron chi connectivity index (χ2n) is 17.9. The number of para-hydroxylation sites is 2. The van der Waals surface area contributed by atoms with Crippen LogP contribution < -0.4 is 15.8 Å². The molecule has 2 aliphatic heterocycles. The van der Waals surface area contributed by atoms with Gasteiger partial charge in [0, 0.05) is 59.1 Å². The molecule has 0 atom stereocenters. The molecular weight excluding hydrogens is 699 g/mol. The fourth-order valence-electron chi connectivity index (χ4n) is 11.1. The van der Waals surface area contributed by atoms with Gasteiger partial charge in [-0.25, -0.2) is 0 Å². The number of benzene rings is 7. The molecule has 3 aromatic heterocycles. The number of thiophene rings is 1. The van der Waals surface area contributed by atoms with E-state index in [4.69, 9.17) is 4.42 Å². The third-order valence-corrected chi connectivity index (χ3v) is 15.2. The van der Waals surface area contributed by atoms with E-state index >= 15 is 0 Å². The van der Waals surface area contributed by atoms with Gasteiger partial charge in [0.1, 0.15) is 5.58 Å². The molecule has 0 radical (unpaired) electrons. The number of aryl methyl sites for hydroxylation is 1. The van der Waals surface area contributed by atoms with Crippen molar-refractivity contribution < 1.29 is 4.42 Å². The molecule has 0 bridgehead atoms. The van der Waals surface area contributed by atoms with Crippen LogP contribution in [0.5, 0.6) is 0 Å². The highest BCUT2D eigenvalue weighted by Crippen LogP contribution is 2.53. The Morgan fingerprint density at radius 3 is 2.18 bits per heavy atom. The van der Waals surface area contributed by atoms with Gasteiger partial charge in [-0.05, 0) is 105 Å². The van der Waals surface area contributed by atoms with E-state index in [0.717, 1.165) is 11.3 Å². The van der Waals surface area contributed by atoms with Gasteiger partial charge in [0.2, 0.25) is 0 Å². The third-order valence-electron chi connectivity index (χ3n) is 13.9. The molecule has 0 N–H and O–H groups in total. The van der Waals surface area contributed by atoms with Crippen molar-refractivity contribution in [1.82, 2.24) is 4.48 Å². The maximum absolute atomic E-state index is 7.02. The topological polar surface area (TPSA) is 21.3 Å². The molecule has 3 nitrogen and oxygen atoms in total. The highest BCUT2D eigenvalue weighted by atomic mass is 32.1. The quantitative estimate of drug-likeness (QED) is 0.156. The molecule has 10 aromatic rings. The highest BCUT2D eigenvalue weighted by molar-refractivity contribution is 7.27. The summed E-state index contributed by atoms with van der Waals surface area (Å²) in [5.41, 5.74) is 16.8. The first-order chi connectivity index (χ1) is 27.2. The van der Waals surface area contributed by atoms with Crippen molar-refractivity contribution in [2.24, 2.45) is 0 Å². The second kappa shape index (κ2) is 10.3. The number of hydrogen-bond acceptors (Lipinski definition) is 3. The largest absolute Gasteiger partial charge is 0.441 e. The van der Waals surface area contributed by atoms with Crippen molar-refractivity contribution in [3.05, 3.63) is 138 Å². The lowest BCUT2D eigenvalue weighted by molar-refractivity contribution is 0.332. The molecule has 0 saturated carbocycles. The van der Waals surface area contributed by atoms with Crippen LogP contribution in [0.25, 0.3) is 75.0 Å². The Hall–Kier alpha value is -5.78. The summed E-state index contributed by atoms with van der Waals surface area (Å²) in [6, 6.07) is 45.9. The number of aromatic nitrogens is 1. The lowest BCUT2D eigenvalue weighted by Gasteiger charge is -2.44. The fraction of sp³-hybridized carbons (Fsp3) is 0.176. The van der Waals surface area contributed by atoms with Gasteiger partial charge in [-0.1, -0.05) is 119 Å². The Morgan fingerprint density at radius 1 is 0.625 bits per heavy atom. The lowest BCUT2D eigenvalue weighted by atomic mass is 9.44. The maximum atomic E-state index is 7.02. The van der Waals surface area contributed by atoms with E-state index < -0.39 is 0 Å². The maximum Gasteiger partial charge on any atom is 0.337 e. The second-order valence-corrected chi connectivity index (χ2v) is 19.0. The van der Waals surface area contributed by atoms with Crippen LogP contribution in [0.4, 0.5) is 17.1 Å². The molecule has 0 spiro atoms. The summed E-state index contributed by atoms with van der Waals surface area (Å²) in [5, 5.41) is 8.84.